The third kappa shape index (κ3) is 4.72. The van der Waals surface area contributed by atoms with Crippen molar-refractivity contribution in [1.82, 2.24) is 4.90 Å². The Morgan fingerprint density at radius 1 is 1.03 bits per heavy atom. The average Bonchev–Trinajstić information content (AvgIpc) is 3.16. The molecular weight excluding hydrogens is 394 g/mol. The number of furan rings is 1. The number of carbonyl (C=O) groups excluding carboxylic acids is 2. The normalized spacial score (nSPS) is 13.9. The van der Waals surface area contributed by atoms with E-state index in [0.29, 0.717) is 50.4 Å². The van der Waals surface area contributed by atoms with Gasteiger partial charge in [-0.05, 0) is 36.2 Å². The number of nitrogens with zero attached hydrogens (tertiary/aromatic N) is 2. The summed E-state index contributed by atoms with van der Waals surface area (Å²) in [6.45, 7) is 2.01. The van der Waals surface area contributed by atoms with Gasteiger partial charge in [0, 0.05) is 44.7 Å². The van der Waals surface area contributed by atoms with Gasteiger partial charge in [0.15, 0.2) is 0 Å². The van der Waals surface area contributed by atoms with Crippen LogP contribution in [0.2, 0.25) is 0 Å². The lowest BCUT2D eigenvalue weighted by Crippen LogP contribution is -2.40. The zero-order valence-electron chi connectivity index (χ0n) is 17.9. The summed E-state index contributed by atoms with van der Waals surface area (Å²) < 4.78 is 11.2. The Hall–Kier alpha value is -3.32. The summed E-state index contributed by atoms with van der Waals surface area (Å²) in [5.74, 6) is -0.208. The minimum atomic E-state index is -0.228. The number of carbonyl (C=O) groups is 2. The molecule has 1 N–H and O–H groups in total. The number of ether oxygens (including phenoxy) is 1. The number of aryl methyl sites for hydroxylation is 1. The SMILES string of the molecule is CN(C)c1ccc(CCC(=O)Nc2c(C(=O)N3CCOCC3)oc3ccccc23)cc1. The minimum absolute atomic E-state index is 0.153. The average molecular weight is 421 g/mol. The third-order valence-electron chi connectivity index (χ3n) is 5.45. The van der Waals surface area contributed by atoms with Gasteiger partial charge in [-0.2, -0.15) is 0 Å². The second kappa shape index (κ2) is 9.22. The maximum atomic E-state index is 13.1. The highest BCUT2D eigenvalue weighted by Gasteiger charge is 2.27. The number of para-hydroxylation sites is 1. The largest absolute Gasteiger partial charge is 0.449 e. The smallest absolute Gasteiger partial charge is 0.291 e. The van der Waals surface area contributed by atoms with E-state index in [-0.39, 0.29) is 17.6 Å². The highest BCUT2D eigenvalue weighted by Crippen LogP contribution is 2.32. The van der Waals surface area contributed by atoms with Crippen LogP contribution in [0, 0.1) is 0 Å². The number of rotatable bonds is 6. The summed E-state index contributed by atoms with van der Waals surface area (Å²) in [5.41, 5.74) is 3.22. The molecule has 31 heavy (non-hydrogen) atoms. The maximum absolute atomic E-state index is 13.1. The Morgan fingerprint density at radius 3 is 2.45 bits per heavy atom. The van der Waals surface area contributed by atoms with Crippen LogP contribution in [0.15, 0.2) is 52.9 Å². The van der Waals surface area contributed by atoms with Crippen LogP contribution in [0.25, 0.3) is 11.0 Å². The lowest BCUT2D eigenvalue weighted by molar-refractivity contribution is -0.116. The zero-order valence-corrected chi connectivity index (χ0v) is 17.9. The van der Waals surface area contributed by atoms with Crippen molar-refractivity contribution in [3.8, 4) is 0 Å². The molecule has 0 unspecified atom stereocenters. The van der Waals surface area contributed by atoms with E-state index < -0.39 is 0 Å². The quantitative estimate of drug-likeness (QED) is 0.659. The van der Waals surface area contributed by atoms with Crippen molar-refractivity contribution in [2.45, 2.75) is 12.8 Å². The molecule has 0 atom stereocenters. The number of nitrogens with one attached hydrogen (secondary N) is 1. The zero-order chi connectivity index (χ0) is 21.8. The van der Waals surface area contributed by atoms with Crippen LogP contribution in [0.5, 0.6) is 0 Å². The first-order chi connectivity index (χ1) is 15.0. The lowest BCUT2D eigenvalue weighted by atomic mass is 10.1. The summed E-state index contributed by atoms with van der Waals surface area (Å²) in [7, 11) is 3.99. The first-order valence-electron chi connectivity index (χ1n) is 10.5. The monoisotopic (exact) mass is 421 g/mol. The van der Waals surface area contributed by atoms with E-state index in [1.54, 1.807) is 11.0 Å². The summed E-state index contributed by atoms with van der Waals surface area (Å²) in [6, 6.07) is 15.5. The number of fused-ring (bicyclic) bond motifs is 1. The first kappa shape index (κ1) is 20.9. The molecule has 0 saturated carbocycles. The fourth-order valence-electron chi connectivity index (χ4n) is 3.65. The predicted octanol–water partition coefficient (Wildman–Crippen LogP) is 3.54. The van der Waals surface area contributed by atoms with Crippen LogP contribution in [-0.2, 0) is 16.0 Å². The number of hydrogen-bond donors (Lipinski definition) is 1. The molecule has 2 amide bonds. The van der Waals surface area contributed by atoms with E-state index in [2.05, 4.69) is 5.32 Å². The Kier molecular flexibility index (Phi) is 6.23. The number of amides is 2. The Balaban J connectivity index is 1.50. The molecule has 7 nitrogen and oxygen atoms in total. The van der Waals surface area contributed by atoms with Crippen molar-refractivity contribution in [2.24, 2.45) is 0 Å². The molecule has 1 fully saturated rings. The van der Waals surface area contributed by atoms with Crippen LogP contribution in [-0.4, -0.2) is 57.1 Å². The Bertz CT molecular complexity index is 1070. The molecule has 4 rings (SSSR count). The van der Waals surface area contributed by atoms with Crippen molar-refractivity contribution in [1.29, 1.82) is 0 Å². The molecule has 0 radical (unpaired) electrons. The molecule has 1 aromatic heterocycles. The number of hydrogen-bond acceptors (Lipinski definition) is 5. The molecule has 7 heteroatoms. The number of benzene rings is 2. The minimum Gasteiger partial charge on any atom is -0.449 e. The van der Waals surface area contributed by atoms with Crippen molar-refractivity contribution in [3.05, 3.63) is 59.9 Å². The molecule has 2 heterocycles. The fraction of sp³-hybridized carbons (Fsp3) is 0.333. The molecule has 3 aromatic rings. The molecule has 2 aromatic carbocycles. The molecule has 0 bridgehead atoms. The summed E-state index contributed by atoms with van der Waals surface area (Å²) in [5, 5.41) is 3.66. The van der Waals surface area contributed by atoms with Gasteiger partial charge in [-0.1, -0.05) is 24.3 Å². The van der Waals surface area contributed by atoms with Crippen LogP contribution in [0.1, 0.15) is 22.5 Å². The Labute approximate surface area is 181 Å². The van der Waals surface area contributed by atoms with E-state index in [9.17, 15) is 9.59 Å². The highest BCUT2D eigenvalue weighted by molar-refractivity contribution is 6.10. The Morgan fingerprint density at radius 2 is 1.74 bits per heavy atom. The third-order valence-corrected chi connectivity index (χ3v) is 5.45. The molecule has 1 saturated heterocycles. The van der Waals surface area contributed by atoms with Gasteiger partial charge in [0.2, 0.25) is 11.7 Å². The molecule has 1 aliphatic rings. The molecular formula is C24H27N3O4. The maximum Gasteiger partial charge on any atom is 0.291 e. The van der Waals surface area contributed by atoms with Gasteiger partial charge < -0.3 is 24.3 Å². The molecule has 162 valence electrons. The van der Waals surface area contributed by atoms with Gasteiger partial charge in [0.1, 0.15) is 11.3 Å². The van der Waals surface area contributed by atoms with Gasteiger partial charge >= 0.3 is 0 Å². The number of morpholine rings is 1. The standard InChI is InChI=1S/C24H27N3O4/c1-26(2)18-10-7-17(8-11-18)9-12-21(28)25-22-19-5-3-4-6-20(19)31-23(22)24(29)27-13-15-30-16-14-27/h3-8,10-11H,9,12-16H2,1-2H3,(H,25,28). The van der Waals surface area contributed by atoms with Gasteiger partial charge in [0.05, 0.1) is 13.2 Å². The van der Waals surface area contributed by atoms with E-state index >= 15 is 0 Å². The van der Waals surface area contributed by atoms with Crippen LogP contribution < -0.4 is 10.2 Å². The molecule has 0 spiro atoms. The highest BCUT2D eigenvalue weighted by atomic mass is 16.5. The summed E-state index contributed by atoms with van der Waals surface area (Å²) in [4.78, 5) is 29.5. The van der Waals surface area contributed by atoms with E-state index in [1.807, 2.05) is 61.5 Å². The topological polar surface area (TPSA) is 75.0 Å². The van der Waals surface area contributed by atoms with E-state index in [0.717, 1.165) is 16.6 Å². The molecule has 0 aliphatic carbocycles. The lowest BCUT2D eigenvalue weighted by Gasteiger charge is -2.26. The van der Waals surface area contributed by atoms with Crippen molar-refractivity contribution < 1.29 is 18.7 Å². The van der Waals surface area contributed by atoms with Crippen LogP contribution >= 0.6 is 0 Å². The molecule has 1 aliphatic heterocycles. The van der Waals surface area contributed by atoms with E-state index in [1.165, 1.54) is 0 Å². The van der Waals surface area contributed by atoms with Crippen LogP contribution in [0.4, 0.5) is 11.4 Å². The van der Waals surface area contributed by atoms with Gasteiger partial charge in [-0.15, -0.1) is 0 Å². The second-order valence-electron chi connectivity index (χ2n) is 7.82. The van der Waals surface area contributed by atoms with Gasteiger partial charge in [0.25, 0.3) is 5.91 Å². The predicted molar refractivity (Wildman–Crippen MR) is 121 cm³/mol. The van der Waals surface area contributed by atoms with Crippen LogP contribution in [0.3, 0.4) is 0 Å². The van der Waals surface area contributed by atoms with Crippen molar-refractivity contribution >= 4 is 34.2 Å². The van der Waals surface area contributed by atoms with Crippen molar-refractivity contribution in [3.63, 3.8) is 0 Å². The summed E-state index contributed by atoms with van der Waals surface area (Å²) >= 11 is 0. The van der Waals surface area contributed by atoms with E-state index in [4.69, 9.17) is 9.15 Å². The summed E-state index contributed by atoms with van der Waals surface area (Å²) in [6.07, 6.45) is 0.925. The van der Waals surface area contributed by atoms with Gasteiger partial charge in [-0.25, -0.2) is 0 Å². The van der Waals surface area contributed by atoms with Gasteiger partial charge in [-0.3, -0.25) is 9.59 Å². The first-order valence-corrected chi connectivity index (χ1v) is 10.5. The number of anilines is 2. The fourth-order valence-corrected chi connectivity index (χ4v) is 3.65. The van der Waals surface area contributed by atoms with Crippen molar-refractivity contribution in [2.75, 3.05) is 50.6 Å². The second-order valence-corrected chi connectivity index (χ2v) is 7.82.